The van der Waals surface area contributed by atoms with Gasteiger partial charge >= 0.3 is 0 Å². The van der Waals surface area contributed by atoms with Gasteiger partial charge in [-0.25, -0.2) is 10.1 Å². The van der Waals surface area contributed by atoms with Crippen molar-refractivity contribution in [3.05, 3.63) is 54.1 Å². The first-order chi connectivity index (χ1) is 11.6. The third-order valence-corrected chi connectivity index (χ3v) is 3.58. The number of benzene rings is 2. The van der Waals surface area contributed by atoms with Crippen molar-refractivity contribution < 1.29 is 9.90 Å². The summed E-state index contributed by atoms with van der Waals surface area (Å²) in [6.07, 6.45) is 0.240. The van der Waals surface area contributed by atoms with E-state index < -0.39 is 0 Å². The topological polar surface area (TPSA) is 92.4 Å². The number of phenolic OH excluding ortho intramolecular Hbond substituents is 1. The molecular formula is C17H17N5O2. The van der Waals surface area contributed by atoms with Gasteiger partial charge in [-0.15, -0.1) is 5.10 Å². The SMILES string of the molecule is CC(=NNC(=O)CCn1nnc2ccccc21)c1cccc(O)c1. The second-order valence-electron chi connectivity index (χ2n) is 5.33. The normalized spacial score (nSPS) is 11.6. The van der Waals surface area contributed by atoms with E-state index in [9.17, 15) is 9.90 Å². The molecule has 1 heterocycles. The lowest BCUT2D eigenvalue weighted by molar-refractivity contribution is -0.121. The monoisotopic (exact) mass is 323 g/mol. The van der Waals surface area contributed by atoms with Crippen LogP contribution in [0.3, 0.4) is 0 Å². The molecule has 7 heteroatoms. The van der Waals surface area contributed by atoms with Crippen molar-refractivity contribution in [3.8, 4) is 5.75 Å². The molecule has 24 heavy (non-hydrogen) atoms. The predicted octanol–water partition coefficient (Wildman–Crippen LogP) is 2.07. The first kappa shape index (κ1) is 15.7. The van der Waals surface area contributed by atoms with E-state index in [0.717, 1.165) is 16.6 Å². The Bertz CT molecular complexity index is 901. The van der Waals surface area contributed by atoms with Gasteiger partial charge in [-0.05, 0) is 31.2 Å². The van der Waals surface area contributed by atoms with Crippen LogP contribution in [0.4, 0.5) is 0 Å². The molecule has 0 saturated carbocycles. The highest BCUT2D eigenvalue weighted by Crippen LogP contribution is 2.12. The van der Waals surface area contributed by atoms with Crippen molar-refractivity contribution in [2.24, 2.45) is 5.10 Å². The molecule has 0 unspecified atom stereocenters. The van der Waals surface area contributed by atoms with Crippen LogP contribution in [0.5, 0.6) is 5.75 Å². The number of nitrogens with one attached hydrogen (secondary N) is 1. The lowest BCUT2D eigenvalue weighted by Crippen LogP contribution is -2.21. The Morgan fingerprint density at radius 1 is 1.25 bits per heavy atom. The number of hydrogen-bond donors (Lipinski definition) is 2. The summed E-state index contributed by atoms with van der Waals surface area (Å²) < 4.78 is 1.70. The zero-order valence-electron chi connectivity index (χ0n) is 13.2. The van der Waals surface area contributed by atoms with Crippen molar-refractivity contribution in [1.82, 2.24) is 20.4 Å². The van der Waals surface area contributed by atoms with E-state index in [2.05, 4.69) is 20.8 Å². The van der Waals surface area contributed by atoms with E-state index in [1.165, 1.54) is 0 Å². The van der Waals surface area contributed by atoms with Gasteiger partial charge in [0.2, 0.25) is 5.91 Å². The van der Waals surface area contributed by atoms with Crippen molar-refractivity contribution in [2.45, 2.75) is 19.9 Å². The van der Waals surface area contributed by atoms with E-state index in [1.54, 1.807) is 29.8 Å². The molecule has 3 aromatic rings. The van der Waals surface area contributed by atoms with Gasteiger partial charge in [-0.2, -0.15) is 5.10 Å². The average Bonchev–Trinajstić information content (AvgIpc) is 3.01. The standard InChI is InChI=1S/C17H17N5O2/c1-12(13-5-4-6-14(23)11-13)18-20-17(24)9-10-22-16-8-3-2-7-15(16)19-21-22/h2-8,11,23H,9-10H2,1H3,(H,20,24). The summed E-state index contributed by atoms with van der Waals surface area (Å²) in [6, 6.07) is 14.3. The summed E-state index contributed by atoms with van der Waals surface area (Å²) in [6.45, 7) is 2.19. The molecule has 0 spiro atoms. The number of amides is 1. The van der Waals surface area contributed by atoms with Gasteiger partial charge in [0, 0.05) is 12.0 Å². The number of aromatic hydroxyl groups is 1. The first-order valence-electron chi connectivity index (χ1n) is 7.54. The molecule has 7 nitrogen and oxygen atoms in total. The Morgan fingerprint density at radius 3 is 2.92 bits per heavy atom. The van der Waals surface area contributed by atoms with Crippen LogP contribution in [0.25, 0.3) is 11.0 Å². The molecule has 0 aliphatic carbocycles. The number of carbonyl (C=O) groups is 1. The van der Waals surface area contributed by atoms with E-state index in [4.69, 9.17) is 0 Å². The maximum absolute atomic E-state index is 11.9. The van der Waals surface area contributed by atoms with Gasteiger partial charge in [0.15, 0.2) is 0 Å². The van der Waals surface area contributed by atoms with Crippen LogP contribution in [0.1, 0.15) is 18.9 Å². The number of hydrogen-bond acceptors (Lipinski definition) is 5. The van der Waals surface area contributed by atoms with Crippen molar-refractivity contribution >= 4 is 22.7 Å². The fourth-order valence-electron chi connectivity index (χ4n) is 2.29. The number of carbonyl (C=O) groups excluding carboxylic acids is 1. The smallest absolute Gasteiger partial charge is 0.241 e. The molecule has 2 aromatic carbocycles. The molecular weight excluding hydrogens is 306 g/mol. The Kier molecular flexibility index (Phi) is 4.51. The summed E-state index contributed by atoms with van der Waals surface area (Å²) in [5, 5.41) is 21.6. The van der Waals surface area contributed by atoms with Crippen LogP contribution in [0, 0.1) is 0 Å². The maximum atomic E-state index is 11.9. The number of hydrazone groups is 1. The molecule has 3 rings (SSSR count). The fraction of sp³-hybridized carbons (Fsp3) is 0.176. The number of rotatable bonds is 5. The summed E-state index contributed by atoms with van der Waals surface area (Å²) in [5.74, 6) is -0.0551. The second-order valence-corrected chi connectivity index (χ2v) is 5.33. The molecule has 0 aliphatic heterocycles. The lowest BCUT2D eigenvalue weighted by atomic mass is 10.1. The minimum Gasteiger partial charge on any atom is -0.508 e. The predicted molar refractivity (Wildman–Crippen MR) is 90.6 cm³/mol. The fourth-order valence-corrected chi connectivity index (χ4v) is 2.29. The average molecular weight is 323 g/mol. The highest BCUT2D eigenvalue weighted by molar-refractivity contribution is 5.99. The quantitative estimate of drug-likeness (QED) is 0.555. The zero-order valence-corrected chi connectivity index (χ0v) is 13.2. The summed E-state index contributed by atoms with van der Waals surface area (Å²) in [4.78, 5) is 11.9. The third kappa shape index (κ3) is 3.57. The van der Waals surface area contributed by atoms with Gasteiger partial charge in [-0.3, -0.25) is 4.79 Å². The molecule has 2 N–H and O–H groups in total. The Hall–Kier alpha value is -3.22. The number of para-hydroxylation sites is 1. The molecule has 0 aliphatic rings. The van der Waals surface area contributed by atoms with Crippen molar-refractivity contribution in [1.29, 1.82) is 0 Å². The van der Waals surface area contributed by atoms with Gasteiger partial charge in [-0.1, -0.05) is 29.5 Å². The Balaban J connectivity index is 1.59. The molecule has 1 aromatic heterocycles. The van der Waals surface area contributed by atoms with Crippen molar-refractivity contribution in [3.63, 3.8) is 0 Å². The van der Waals surface area contributed by atoms with Gasteiger partial charge < -0.3 is 5.11 Å². The van der Waals surface area contributed by atoms with Crippen LogP contribution in [-0.2, 0) is 11.3 Å². The van der Waals surface area contributed by atoms with E-state index in [-0.39, 0.29) is 18.1 Å². The van der Waals surface area contributed by atoms with Gasteiger partial charge in [0.05, 0.1) is 17.8 Å². The number of aromatic nitrogens is 3. The van der Waals surface area contributed by atoms with Gasteiger partial charge in [0.25, 0.3) is 0 Å². The van der Waals surface area contributed by atoms with Crippen molar-refractivity contribution in [2.75, 3.05) is 0 Å². The molecule has 1 amide bonds. The number of aryl methyl sites for hydroxylation is 1. The zero-order chi connectivity index (χ0) is 16.9. The van der Waals surface area contributed by atoms with E-state index in [1.807, 2.05) is 30.3 Å². The summed E-state index contributed by atoms with van der Waals surface area (Å²) >= 11 is 0. The number of phenols is 1. The minimum absolute atomic E-state index is 0.159. The molecule has 0 fully saturated rings. The third-order valence-electron chi connectivity index (χ3n) is 3.58. The minimum atomic E-state index is -0.214. The van der Waals surface area contributed by atoms with E-state index in [0.29, 0.717) is 12.3 Å². The van der Waals surface area contributed by atoms with Gasteiger partial charge in [0.1, 0.15) is 11.3 Å². The van der Waals surface area contributed by atoms with Crippen LogP contribution in [0.15, 0.2) is 53.6 Å². The first-order valence-corrected chi connectivity index (χ1v) is 7.54. The lowest BCUT2D eigenvalue weighted by Gasteiger charge is -2.04. The molecule has 0 atom stereocenters. The summed E-state index contributed by atoms with van der Waals surface area (Å²) in [7, 11) is 0. The van der Waals surface area contributed by atoms with Crippen LogP contribution >= 0.6 is 0 Å². The molecule has 0 bridgehead atoms. The maximum Gasteiger partial charge on any atom is 0.241 e. The molecule has 122 valence electrons. The number of fused-ring (bicyclic) bond motifs is 1. The Labute approximate surface area is 138 Å². The molecule has 0 radical (unpaired) electrons. The van der Waals surface area contributed by atoms with Crippen LogP contribution in [0.2, 0.25) is 0 Å². The van der Waals surface area contributed by atoms with Crippen LogP contribution in [-0.4, -0.2) is 31.7 Å². The summed E-state index contributed by atoms with van der Waals surface area (Å²) in [5.41, 5.74) is 5.58. The number of nitrogens with zero attached hydrogens (tertiary/aromatic N) is 4. The van der Waals surface area contributed by atoms with E-state index >= 15 is 0 Å². The highest BCUT2D eigenvalue weighted by atomic mass is 16.3. The second kappa shape index (κ2) is 6.91. The highest BCUT2D eigenvalue weighted by Gasteiger charge is 2.06. The largest absolute Gasteiger partial charge is 0.508 e. The van der Waals surface area contributed by atoms with Crippen LogP contribution < -0.4 is 5.43 Å². The Morgan fingerprint density at radius 2 is 2.08 bits per heavy atom. The molecule has 0 saturated heterocycles.